The van der Waals surface area contributed by atoms with Crippen molar-refractivity contribution in [1.82, 2.24) is 10.2 Å². The molecule has 0 amide bonds. The molecule has 1 atom stereocenters. The van der Waals surface area contributed by atoms with E-state index in [2.05, 4.69) is 16.8 Å². The van der Waals surface area contributed by atoms with Crippen molar-refractivity contribution in [3.63, 3.8) is 0 Å². The van der Waals surface area contributed by atoms with E-state index in [1.165, 1.54) is 0 Å². The Labute approximate surface area is 61.3 Å². The average Bonchev–Trinajstić information content (AvgIpc) is 2.04. The largest absolute Gasteiger partial charge is 0.394 e. The lowest BCUT2D eigenvalue weighted by atomic mass is 10.2. The molecule has 3 nitrogen and oxygen atoms in total. The molecule has 0 saturated carbocycles. The number of piperazine rings is 1. The van der Waals surface area contributed by atoms with Gasteiger partial charge < -0.3 is 15.3 Å². The quantitative estimate of drug-likeness (QED) is 0.540. The Bertz CT molecular complexity index is 116. The Morgan fingerprint density at radius 3 is 3.10 bits per heavy atom. The van der Waals surface area contributed by atoms with Crippen molar-refractivity contribution in [2.75, 3.05) is 26.2 Å². The fourth-order valence-corrected chi connectivity index (χ4v) is 1.19. The van der Waals surface area contributed by atoms with E-state index >= 15 is 0 Å². The van der Waals surface area contributed by atoms with Crippen LogP contribution in [-0.4, -0.2) is 42.3 Å². The van der Waals surface area contributed by atoms with Crippen LogP contribution in [0.4, 0.5) is 0 Å². The van der Waals surface area contributed by atoms with E-state index in [9.17, 15) is 0 Å². The number of aliphatic hydroxyl groups is 1. The Morgan fingerprint density at radius 2 is 2.60 bits per heavy atom. The first kappa shape index (κ1) is 7.57. The van der Waals surface area contributed by atoms with Gasteiger partial charge in [0.05, 0.1) is 12.6 Å². The Kier molecular flexibility index (Phi) is 2.71. The number of hydrogen-bond acceptors (Lipinski definition) is 3. The summed E-state index contributed by atoms with van der Waals surface area (Å²) in [5, 5.41) is 12.1. The normalized spacial score (nSPS) is 26.5. The molecular weight excluding hydrogens is 128 g/mol. The van der Waals surface area contributed by atoms with Crippen LogP contribution in [0.3, 0.4) is 0 Å². The zero-order valence-electron chi connectivity index (χ0n) is 6.08. The van der Waals surface area contributed by atoms with Gasteiger partial charge in [-0.3, -0.25) is 0 Å². The summed E-state index contributed by atoms with van der Waals surface area (Å²) in [5.74, 6) is 0. The predicted molar refractivity (Wildman–Crippen MR) is 40.6 cm³/mol. The lowest BCUT2D eigenvalue weighted by molar-refractivity contribution is 0.141. The second kappa shape index (κ2) is 3.58. The third-order valence-corrected chi connectivity index (χ3v) is 1.84. The summed E-state index contributed by atoms with van der Waals surface area (Å²) in [7, 11) is 0. The second-order valence-electron chi connectivity index (χ2n) is 2.46. The van der Waals surface area contributed by atoms with Crippen LogP contribution in [0.1, 0.15) is 0 Å². The molecule has 0 aliphatic carbocycles. The van der Waals surface area contributed by atoms with E-state index in [1.807, 2.05) is 0 Å². The van der Waals surface area contributed by atoms with E-state index in [1.54, 1.807) is 6.20 Å². The van der Waals surface area contributed by atoms with E-state index in [4.69, 9.17) is 5.11 Å². The van der Waals surface area contributed by atoms with Crippen molar-refractivity contribution in [3.8, 4) is 0 Å². The van der Waals surface area contributed by atoms with Crippen molar-refractivity contribution in [2.24, 2.45) is 0 Å². The Balaban J connectivity index is 2.41. The van der Waals surface area contributed by atoms with Gasteiger partial charge in [0.15, 0.2) is 0 Å². The zero-order chi connectivity index (χ0) is 7.40. The van der Waals surface area contributed by atoms with Crippen molar-refractivity contribution in [1.29, 1.82) is 0 Å². The minimum absolute atomic E-state index is 0.207. The van der Waals surface area contributed by atoms with Gasteiger partial charge in [-0.05, 0) is 6.20 Å². The van der Waals surface area contributed by atoms with Gasteiger partial charge in [0.2, 0.25) is 0 Å². The summed E-state index contributed by atoms with van der Waals surface area (Å²) in [6.07, 6.45) is 1.79. The van der Waals surface area contributed by atoms with Gasteiger partial charge >= 0.3 is 0 Å². The maximum atomic E-state index is 8.86. The molecule has 3 heteroatoms. The highest BCUT2D eigenvalue weighted by atomic mass is 16.3. The molecule has 10 heavy (non-hydrogen) atoms. The van der Waals surface area contributed by atoms with E-state index in [-0.39, 0.29) is 12.6 Å². The third kappa shape index (κ3) is 1.49. The fourth-order valence-electron chi connectivity index (χ4n) is 1.19. The highest BCUT2D eigenvalue weighted by Crippen LogP contribution is 2.01. The molecule has 0 radical (unpaired) electrons. The molecule has 0 aromatic carbocycles. The summed E-state index contributed by atoms with van der Waals surface area (Å²) < 4.78 is 0. The smallest absolute Gasteiger partial charge is 0.0647 e. The fraction of sp³-hybridized carbons (Fsp3) is 0.714. The van der Waals surface area contributed by atoms with Crippen LogP contribution in [0.15, 0.2) is 12.8 Å². The van der Waals surface area contributed by atoms with Crippen molar-refractivity contribution >= 4 is 0 Å². The highest BCUT2D eigenvalue weighted by molar-refractivity contribution is 4.85. The molecule has 0 bridgehead atoms. The molecular formula is C7H14N2O. The lowest BCUT2D eigenvalue weighted by Gasteiger charge is -2.33. The van der Waals surface area contributed by atoms with Gasteiger partial charge in [-0.15, -0.1) is 0 Å². The monoisotopic (exact) mass is 142 g/mol. The maximum absolute atomic E-state index is 8.86. The molecule has 58 valence electrons. The zero-order valence-corrected chi connectivity index (χ0v) is 6.08. The van der Waals surface area contributed by atoms with Crippen LogP contribution in [0.25, 0.3) is 0 Å². The summed E-state index contributed by atoms with van der Waals surface area (Å²) in [6, 6.07) is 0.228. The van der Waals surface area contributed by atoms with Gasteiger partial charge in [-0.2, -0.15) is 0 Å². The molecule has 1 heterocycles. The first-order valence-corrected chi connectivity index (χ1v) is 3.58. The lowest BCUT2D eigenvalue weighted by Crippen LogP contribution is -2.50. The first-order chi connectivity index (χ1) is 4.88. The van der Waals surface area contributed by atoms with Crippen LogP contribution in [0.2, 0.25) is 0 Å². The van der Waals surface area contributed by atoms with Crippen LogP contribution >= 0.6 is 0 Å². The van der Waals surface area contributed by atoms with Gasteiger partial charge in [-0.1, -0.05) is 6.58 Å². The maximum Gasteiger partial charge on any atom is 0.0647 e. The summed E-state index contributed by atoms with van der Waals surface area (Å²) in [6.45, 7) is 6.68. The number of hydrogen-bond donors (Lipinski definition) is 2. The number of nitrogens with zero attached hydrogens (tertiary/aromatic N) is 1. The number of nitrogens with one attached hydrogen (secondary N) is 1. The minimum Gasteiger partial charge on any atom is -0.394 e. The molecule has 1 unspecified atom stereocenters. The van der Waals surface area contributed by atoms with Gasteiger partial charge in [-0.25, -0.2) is 0 Å². The van der Waals surface area contributed by atoms with Crippen molar-refractivity contribution in [3.05, 3.63) is 12.8 Å². The predicted octanol–water partition coefficient (Wildman–Crippen LogP) is -0.604. The SMILES string of the molecule is C=CN1CCNCC1CO. The molecule has 1 saturated heterocycles. The van der Waals surface area contributed by atoms with E-state index in [0.29, 0.717) is 0 Å². The average molecular weight is 142 g/mol. The first-order valence-electron chi connectivity index (χ1n) is 3.58. The van der Waals surface area contributed by atoms with Crippen LogP contribution in [-0.2, 0) is 0 Å². The molecule has 2 N–H and O–H groups in total. The topological polar surface area (TPSA) is 35.5 Å². The van der Waals surface area contributed by atoms with E-state index in [0.717, 1.165) is 19.6 Å². The van der Waals surface area contributed by atoms with Crippen LogP contribution in [0.5, 0.6) is 0 Å². The number of aliphatic hydroxyl groups excluding tert-OH is 1. The minimum atomic E-state index is 0.207. The Hall–Kier alpha value is -0.540. The second-order valence-corrected chi connectivity index (χ2v) is 2.46. The van der Waals surface area contributed by atoms with E-state index < -0.39 is 0 Å². The highest BCUT2D eigenvalue weighted by Gasteiger charge is 2.16. The van der Waals surface area contributed by atoms with Gasteiger partial charge in [0.1, 0.15) is 0 Å². The van der Waals surface area contributed by atoms with Crippen LogP contribution in [0, 0.1) is 0 Å². The van der Waals surface area contributed by atoms with Gasteiger partial charge in [0.25, 0.3) is 0 Å². The molecule has 1 rings (SSSR count). The number of rotatable bonds is 2. The van der Waals surface area contributed by atoms with Crippen LogP contribution < -0.4 is 5.32 Å². The molecule has 0 aromatic heterocycles. The van der Waals surface area contributed by atoms with Crippen molar-refractivity contribution < 1.29 is 5.11 Å². The third-order valence-electron chi connectivity index (χ3n) is 1.84. The Morgan fingerprint density at radius 1 is 1.80 bits per heavy atom. The summed E-state index contributed by atoms with van der Waals surface area (Å²) in [5.41, 5.74) is 0. The standard InChI is InChI=1S/C7H14N2O/c1-2-9-4-3-8-5-7(9)6-10/h2,7-8,10H,1,3-6H2. The molecule has 1 fully saturated rings. The molecule has 0 aromatic rings. The molecule has 0 spiro atoms. The van der Waals surface area contributed by atoms with Crippen molar-refractivity contribution in [2.45, 2.75) is 6.04 Å². The molecule has 1 aliphatic heterocycles. The summed E-state index contributed by atoms with van der Waals surface area (Å²) in [4.78, 5) is 2.07. The molecule has 1 aliphatic rings. The van der Waals surface area contributed by atoms with Gasteiger partial charge in [0, 0.05) is 19.6 Å². The summed E-state index contributed by atoms with van der Waals surface area (Å²) >= 11 is 0.